The molecule has 0 aliphatic carbocycles. The van der Waals surface area contributed by atoms with Gasteiger partial charge >= 0.3 is 6.03 Å². The zero-order valence-corrected chi connectivity index (χ0v) is 18.1. The number of hydrogen-bond donors (Lipinski definition) is 2. The van der Waals surface area contributed by atoms with Crippen molar-refractivity contribution in [3.05, 3.63) is 65.2 Å². The molecule has 6 heteroatoms. The molecule has 0 radical (unpaired) electrons. The molecule has 0 bridgehead atoms. The van der Waals surface area contributed by atoms with Gasteiger partial charge in [-0.25, -0.2) is 4.79 Å². The molecule has 6 nitrogen and oxygen atoms in total. The van der Waals surface area contributed by atoms with E-state index in [1.54, 1.807) is 4.90 Å². The average molecular weight is 419 g/mol. The fraction of sp³-hybridized carbons (Fsp3) is 0.440. The molecule has 2 atom stereocenters. The van der Waals surface area contributed by atoms with Gasteiger partial charge in [0, 0.05) is 55.9 Å². The van der Waals surface area contributed by atoms with Crippen molar-refractivity contribution in [3.63, 3.8) is 0 Å². The molecule has 31 heavy (non-hydrogen) atoms. The molecule has 2 aromatic rings. The maximum absolute atomic E-state index is 13.4. The third-order valence-electron chi connectivity index (χ3n) is 7.33. The average Bonchev–Trinajstić information content (AvgIpc) is 3.47. The number of fused-ring (bicyclic) bond motifs is 1. The van der Waals surface area contributed by atoms with Gasteiger partial charge in [0.25, 0.3) is 5.91 Å². The van der Waals surface area contributed by atoms with E-state index in [0.29, 0.717) is 24.6 Å². The van der Waals surface area contributed by atoms with Gasteiger partial charge < -0.3 is 15.5 Å². The summed E-state index contributed by atoms with van der Waals surface area (Å²) in [5, 5.41) is 6.41. The Hall–Kier alpha value is -2.86. The van der Waals surface area contributed by atoms with E-state index in [0.717, 1.165) is 50.3 Å². The van der Waals surface area contributed by atoms with Crippen molar-refractivity contribution in [2.75, 3.05) is 44.2 Å². The number of carbonyl (C=O) groups is 2. The van der Waals surface area contributed by atoms with Crippen molar-refractivity contribution in [2.24, 2.45) is 11.3 Å². The van der Waals surface area contributed by atoms with E-state index in [9.17, 15) is 9.59 Å². The zero-order chi connectivity index (χ0) is 21.4. The summed E-state index contributed by atoms with van der Waals surface area (Å²) in [6.07, 6.45) is 2.13. The molecule has 3 aliphatic rings. The highest BCUT2D eigenvalue weighted by molar-refractivity contribution is 5.99. The molecule has 5 rings (SSSR count). The van der Waals surface area contributed by atoms with Crippen LogP contribution in [0.25, 0.3) is 0 Å². The first-order valence-corrected chi connectivity index (χ1v) is 11.3. The minimum atomic E-state index is -0.0886. The van der Waals surface area contributed by atoms with Gasteiger partial charge in [-0.3, -0.25) is 9.69 Å². The molecule has 0 spiro atoms. The molecule has 3 saturated heterocycles. The van der Waals surface area contributed by atoms with Crippen molar-refractivity contribution < 1.29 is 9.59 Å². The summed E-state index contributed by atoms with van der Waals surface area (Å²) in [5.74, 6) is 0.573. The fourth-order valence-electron chi connectivity index (χ4n) is 5.49. The highest BCUT2D eigenvalue weighted by Crippen LogP contribution is 2.43. The molecule has 0 saturated carbocycles. The minimum Gasteiger partial charge on any atom is -0.338 e. The lowest BCUT2D eigenvalue weighted by molar-refractivity contribution is 0.0769. The second-order valence-corrected chi connectivity index (χ2v) is 9.25. The molecule has 2 aromatic carbocycles. The molecule has 0 aromatic heterocycles. The third kappa shape index (κ3) is 3.69. The van der Waals surface area contributed by atoms with Gasteiger partial charge in [0.2, 0.25) is 0 Å². The van der Waals surface area contributed by atoms with Gasteiger partial charge in [-0.05, 0) is 48.9 Å². The summed E-state index contributed by atoms with van der Waals surface area (Å²) in [7, 11) is 0. The normalized spacial score (nSPS) is 25.1. The lowest BCUT2D eigenvalue weighted by Gasteiger charge is -2.28. The SMILES string of the molecule is Cc1ccc(C(=O)N2CC3CNCC3(CCc3ccccc3)C2)cc1N1CCNC1=O. The predicted octanol–water partition coefficient (Wildman–Crippen LogP) is 2.82. The Morgan fingerprint density at radius 3 is 2.81 bits per heavy atom. The van der Waals surface area contributed by atoms with Crippen molar-refractivity contribution in [3.8, 4) is 0 Å². The van der Waals surface area contributed by atoms with E-state index in [1.165, 1.54) is 5.56 Å². The Morgan fingerprint density at radius 2 is 2.03 bits per heavy atom. The van der Waals surface area contributed by atoms with Crippen LogP contribution in [0.1, 0.15) is 27.9 Å². The zero-order valence-electron chi connectivity index (χ0n) is 18.1. The minimum absolute atomic E-state index is 0.0781. The number of hydrogen-bond acceptors (Lipinski definition) is 3. The Morgan fingerprint density at radius 1 is 1.19 bits per heavy atom. The van der Waals surface area contributed by atoms with Crippen LogP contribution in [0.5, 0.6) is 0 Å². The summed E-state index contributed by atoms with van der Waals surface area (Å²) in [4.78, 5) is 29.4. The molecule has 2 unspecified atom stereocenters. The smallest absolute Gasteiger partial charge is 0.322 e. The molecule has 162 valence electrons. The predicted molar refractivity (Wildman–Crippen MR) is 121 cm³/mol. The summed E-state index contributed by atoms with van der Waals surface area (Å²) >= 11 is 0. The Labute approximate surface area is 183 Å². The number of amides is 3. The van der Waals surface area contributed by atoms with Crippen LogP contribution in [0.4, 0.5) is 10.5 Å². The summed E-state index contributed by atoms with van der Waals surface area (Å²) < 4.78 is 0. The van der Waals surface area contributed by atoms with Crippen LogP contribution in [-0.2, 0) is 6.42 Å². The topological polar surface area (TPSA) is 64.7 Å². The van der Waals surface area contributed by atoms with Crippen LogP contribution in [-0.4, -0.2) is 56.1 Å². The second-order valence-electron chi connectivity index (χ2n) is 9.25. The van der Waals surface area contributed by atoms with E-state index in [1.807, 2.05) is 30.0 Å². The number of benzene rings is 2. The lowest BCUT2D eigenvalue weighted by atomic mass is 9.76. The van der Waals surface area contributed by atoms with Crippen LogP contribution >= 0.6 is 0 Å². The highest BCUT2D eigenvalue weighted by atomic mass is 16.2. The molecule has 3 fully saturated rings. The van der Waals surface area contributed by atoms with Gasteiger partial charge in [0.05, 0.1) is 0 Å². The maximum atomic E-state index is 13.4. The van der Waals surface area contributed by atoms with E-state index < -0.39 is 0 Å². The fourth-order valence-corrected chi connectivity index (χ4v) is 5.49. The van der Waals surface area contributed by atoms with Crippen molar-refractivity contribution >= 4 is 17.6 Å². The number of carbonyl (C=O) groups excluding carboxylic acids is 2. The van der Waals surface area contributed by atoms with Crippen LogP contribution in [0, 0.1) is 18.3 Å². The summed E-state index contributed by atoms with van der Waals surface area (Å²) in [6, 6.07) is 16.3. The van der Waals surface area contributed by atoms with Gasteiger partial charge in [-0.1, -0.05) is 36.4 Å². The third-order valence-corrected chi connectivity index (χ3v) is 7.33. The molecule has 3 aliphatic heterocycles. The number of nitrogens with zero attached hydrogens (tertiary/aromatic N) is 2. The monoisotopic (exact) mass is 418 g/mol. The first kappa shape index (κ1) is 20.1. The number of aryl methyl sites for hydroxylation is 2. The van der Waals surface area contributed by atoms with Gasteiger partial charge in [0.15, 0.2) is 0 Å². The standard InChI is InChI=1S/C25H30N4O2/c1-18-7-8-20(13-22(18)29-12-11-27-24(29)31)23(30)28-15-21-14-26-16-25(21,17-28)10-9-19-5-3-2-4-6-19/h2-8,13,21,26H,9-12,14-17H2,1H3,(H,27,31). The van der Waals surface area contributed by atoms with Crippen molar-refractivity contribution in [1.82, 2.24) is 15.5 Å². The quantitative estimate of drug-likeness (QED) is 0.785. The van der Waals surface area contributed by atoms with Crippen molar-refractivity contribution in [2.45, 2.75) is 19.8 Å². The molecule has 3 heterocycles. The molecular weight excluding hydrogens is 388 g/mol. The number of urea groups is 1. The van der Waals surface area contributed by atoms with E-state index in [4.69, 9.17) is 0 Å². The lowest BCUT2D eigenvalue weighted by Crippen LogP contribution is -2.36. The molecular formula is C25H30N4O2. The van der Waals surface area contributed by atoms with Gasteiger partial charge in [-0.15, -0.1) is 0 Å². The van der Waals surface area contributed by atoms with Crippen LogP contribution in [0.3, 0.4) is 0 Å². The summed E-state index contributed by atoms with van der Waals surface area (Å²) in [6.45, 7) is 6.81. The number of anilines is 1. The first-order valence-electron chi connectivity index (χ1n) is 11.3. The number of likely N-dealkylation sites (tertiary alicyclic amines) is 1. The highest BCUT2D eigenvalue weighted by Gasteiger charge is 2.50. The first-order chi connectivity index (χ1) is 15.1. The Kier molecular flexibility index (Phi) is 5.18. The van der Waals surface area contributed by atoms with Crippen LogP contribution in [0.2, 0.25) is 0 Å². The number of nitrogens with one attached hydrogen (secondary N) is 2. The largest absolute Gasteiger partial charge is 0.338 e. The molecule has 3 amide bonds. The van der Waals surface area contributed by atoms with Gasteiger partial charge in [-0.2, -0.15) is 0 Å². The van der Waals surface area contributed by atoms with Crippen LogP contribution < -0.4 is 15.5 Å². The number of rotatable bonds is 5. The van der Waals surface area contributed by atoms with Crippen molar-refractivity contribution in [1.29, 1.82) is 0 Å². The van der Waals surface area contributed by atoms with E-state index in [2.05, 4.69) is 41.0 Å². The molecule has 2 N–H and O–H groups in total. The van der Waals surface area contributed by atoms with E-state index >= 15 is 0 Å². The van der Waals surface area contributed by atoms with Crippen LogP contribution in [0.15, 0.2) is 48.5 Å². The Bertz CT molecular complexity index is 992. The maximum Gasteiger partial charge on any atom is 0.322 e. The van der Waals surface area contributed by atoms with E-state index in [-0.39, 0.29) is 17.4 Å². The van der Waals surface area contributed by atoms with Gasteiger partial charge in [0.1, 0.15) is 0 Å². The second kappa shape index (κ2) is 8.00. The Balaban J connectivity index is 1.33. The summed E-state index contributed by atoms with van der Waals surface area (Å²) in [5.41, 5.74) is 4.02.